The second-order valence-corrected chi connectivity index (χ2v) is 9.61. The third kappa shape index (κ3) is 5.83. The van der Waals surface area contributed by atoms with Gasteiger partial charge < -0.3 is 14.5 Å². The molecule has 0 aromatic heterocycles. The predicted molar refractivity (Wildman–Crippen MR) is 114 cm³/mol. The van der Waals surface area contributed by atoms with E-state index < -0.39 is 33.9 Å². The summed E-state index contributed by atoms with van der Waals surface area (Å²) in [6, 6.07) is 8.64. The highest BCUT2D eigenvalue weighted by molar-refractivity contribution is 7.91. The summed E-state index contributed by atoms with van der Waals surface area (Å²) < 4.78 is 28.7. The van der Waals surface area contributed by atoms with Crippen molar-refractivity contribution in [3.05, 3.63) is 35.4 Å². The van der Waals surface area contributed by atoms with Gasteiger partial charge in [0.05, 0.1) is 11.5 Å². The molecule has 0 N–H and O–H groups in total. The van der Waals surface area contributed by atoms with Crippen LogP contribution >= 0.6 is 0 Å². The number of amides is 1. The molecule has 1 amide bonds. The number of carbonyl (C=O) groups excluding carboxylic acids is 2. The third-order valence-corrected chi connectivity index (χ3v) is 6.72. The van der Waals surface area contributed by atoms with Gasteiger partial charge in [-0.25, -0.2) is 13.2 Å². The molecule has 2 rings (SSSR count). The van der Waals surface area contributed by atoms with Crippen molar-refractivity contribution in [3.8, 4) is 6.07 Å². The Morgan fingerprint density at radius 1 is 1.30 bits per heavy atom. The number of nitriles is 1. The Kier molecular flexibility index (Phi) is 7.62. The van der Waals surface area contributed by atoms with Gasteiger partial charge in [0.2, 0.25) is 0 Å². The molecule has 0 bridgehead atoms. The number of nitrogens with zero attached hydrogens (tertiary/aromatic N) is 3. The zero-order valence-corrected chi connectivity index (χ0v) is 18.5. The van der Waals surface area contributed by atoms with Gasteiger partial charge in [-0.15, -0.1) is 0 Å². The molecule has 1 aliphatic heterocycles. The average Bonchev–Trinajstić information content (AvgIpc) is 3.06. The van der Waals surface area contributed by atoms with Crippen molar-refractivity contribution in [2.75, 3.05) is 37.0 Å². The van der Waals surface area contributed by atoms with Crippen LogP contribution in [-0.2, 0) is 24.2 Å². The number of anilines is 1. The van der Waals surface area contributed by atoms with Gasteiger partial charge in [-0.1, -0.05) is 12.1 Å². The quantitative estimate of drug-likeness (QED) is 0.365. The molecule has 1 saturated heterocycles. The van der Waals surface area contributed by atoms with E-state index in [1.165, 1.54) is 17.9 Å². The van der Waals surface area contributed by atoms with Crippen LogP contribution in [0, 0.1) is 11.3 Å². The van der Waals surface area contributed by atoms with E-state index in [0.29, 0.717) is 18.5 Å². The minimum Gasteiger partial charge on any atom is -0.448 e. The summed E-state index contributed by atoms with van der Waals surface area (Å²) >= 11 is 0. The summed E-state index contributed by atoms with van der Waals surface area (Å²) in [6.45, 7) is 3.47. The second-order valence-electron chi connectivity index (χ2n) is 7.38. The van der Waals surface area contributed by atoms with E-state index >= 15 is 0 Å². The minimum atomic E-state index is -3.15. The molecule has 30 heavy (non-hydrogen) atoms. The summed E-state index contributed by atoms with van der Waals surface area (Å²) in [5.41, 5.74) is 1.40. The van der Waals surface area contributed by atoms with E-state index in [1.54, 1.807) is 19.1 Å². The standard InChI is InChI=1S/C21H27N3O5S/c1-5-24(19-10-11-30(27,28)14-19)20(25)15(2)29-21(26)17(13-22)12-16-6-8-18(9-7-16)23(3)4/h6-9,12,15,19H,5,10-11,14H2,1-4H3/b17-12+. The van der Waals surface area contributed by atoms with Crippen LogP contribution in [0.25, 0.3) is 6.08 Å². The van der Waals surface area contributed by atoms with Gasteiger partial charge in [-0.05, 0) is 44.0 Å². The normalized spacial score (nSPS) is 18.9. The van der Waals surface area contributed by atoms with Crippen molar-refractivity contribution in [2.24, 2.45) is 0 Å². The number of ether oxygens (including phenoxy) is 1. The van der Waals surface area contributed by atoms with E-state index in [0.717, 1.165) is 5.69 Å². The van der Waals surface area contributed by atoms with E-state index in [2.05, 4.69) is 0 Å². The maximum atomic E-state index is 12.7. The van der Waals surface area contributed by atoms with E-state index in [-0.39, 0.29) is 17.1 Å². The first-order valence-electron chi connectivity index (χ1n) is 9.69. The molecule has 0 aliphatic carbocycles. The Balaban J connectivity index is 2.08. The first-order valence-corrected chi connectivity index (χ1v) is 11.5. The first kappa shape index (κ1) is 23.4. The number of carbonyl (C=O) groups is 2. The number of likely N-dealkylation sites (N-methyl/N-ethyl adjacent to an activating group) is 1. The summed E-state index contributed by atoms with van der Waals surface area (Å²) in [5.74, 6) is -1.41. The number of sulfone groups is 1. The van der Waals surface area contributed by atoms with Gasteiger partial charge in [0, 0.05) is 32.4 Å². The van der Waals surface area contributed by atoms with Crippen LogP contribution in [0.2, 0.25) is 0 Å². The number of benzene rings is 1. The summed E-state index contributed by atoms with van der Waals surface area (Å²) in [5, 5.41) is 9.35. The van der Waals surface area contributed by atoms with E-state index in [1.807, 2.05) is 37.2 Å². The number of hydrogen-bond donors (Lipinski definition) is 0. The third-order valence-electron chi connectivity index (χ3n) is 4.97. The fourth-order valence-corrected chi connectivity index (χ4v) is 5.03. The molecule has 2 atom stereocenters. The lowest BCUT2D eigenvalue weighted by Gasteiger charge is -2.29. The van der Waals surface area contributed by atoms with Gasteiger partial charge in [0.1, 0.15) is 11.6 Å². The molecule has 1 heterocycles. The summed E-state index contributed by atoms with van der Waals surface area (Å²) in [4.78, 5) is 28.5. The topological polar surface area (TPSA) is 108 Å². The van der Waals surface area contributed by atoms with Crippen LogP contribution in [0.1, 0.15) is 25.8 Å². The summed E-state index contributed by atoms with van der Waals surface area (Å²) in [7, 11) is 0.659. The van der Waals surface area contributed by atoms with Crippen molar-refractivity contribution in [1.29, 1.82) is 5.26 Å². The zero-order chi connectivity index (χ0) is 22.5. The Morgan fingerprint density at radius 3 is 2.40 bits per heavy atom. The maximum absolute atomic E-state index is 12.7. The Bertz CT molecular complexity index is 961. The fourth-order valence-electron chi connectivity index (χ4n) is 3.30. The number of esters is 1. The lowest BCUT2D eigenvalue weighted by molar-refractivity contribution is -0.156. The van der Waals surface area contributed by atoms with Crippen LogP contribution in [0.5, 0.6) is 0 Å². The number of hydrogen-bond acceptors (Lipinski definition) is 7. The Labute approximate surface area is 177 Å². The van der Waals surface area contributed by atoms with Crippen molar-refractivity contribution in [1.82, 2.24) is 4.90 Å². The lowest BCUT2D eigenvalue weighted by Crippen LogP contribution is -2.46. The number of rotatable bonds is 7. The van der Waals surface area contributed by atoms with Gasteiger partial charge >= 0.3 is 5.97 Å². The zero-order valence-electron chi connectivity index (χ0n) is 17.7. The lowest BCUT2D eigenvalue weighted by atomic mass is 10.1. The summed E-state index contributed by atoms with van der Waals surface area (Å²) in [6.07, 6.45) is 0.642. The highest BCUT2D eigenvalue weighted by Gasteiger charge is 2.36. The molecule has 162 valence electrons. The van der Waals surface area contributed by atoms with Crippen LogP contribution in [0.15, 0.2) is 29.8 Å². The second kappa shape index (κ2) is 9.76. The molecule has 2 unspecified atom stereocenters. The maximum Gasteiger partial charge on any atom is 0.349 e. The van der Waals surface area contributed by atoms with E-state index in [9.17, 15) is 23.3 Å². The molecular formula is C21H27N3O5S. The van der Waals surface area contributed by atoms with Crippen molar-refractivity contribution >= 4 is 33.5 Å². The van der Waals surface area contributed by atoms with Gasteiger partial charge in [-0.2, -0.15) is 5.26 Å². The van der Waals surface area contributed by atoms with Gasteiger partial charge in [-0.3, -0.25) is 4.79 Å². The van der Waals surface area contributed by atoms with Crippen LogP contribution < -0.4 is 4.90 Å². The average molecular weight is 434 g/mol. The van der Waals surface area contributed by atoms with Crippen molar-refractivity contribution in [3.63, 3.8) is 0 Å². The molecule has 0 radical (unpaired) electrons. The van der Waals surface area contributed by atoms with Crippen molar-refractivity contribution in [2.45, 2.75) is 32.4 Å². The van der Waals surface area contributed by atoms with Gasteiger partial charge in [0.25, 0.3) is 5.91 Å². The van der Waals surface area contributed by atoms with Gasteiger partial charge in [0.15, 0.2) is 15.9 Å². The molecule has 1 fully saturated rings. The van der Waals surface area contributed by atoms with Crippen LogP contribution in [-0.4, -0.2) is 69.5 Å². The molecule has 1 aromatic rings. The molecule has 1 aliphatic rings. The van der Waals surface area contributed by atoms with Crippen LogP contribution in [0.3, 0.4) is 0 Å². The molecule has 0 saturated carbocycles. The van der Waals surface area contributed by atoms with E-state index in [4.69, 9.17) is 4.74 Å². The minimum absolute atomic E-state index is 0.0452. The molecule has 9 heteroatoms. The monoisotopic (exact) mass is 433 g/mol. The highest BCUT2D eigenvalue weighted by Crippen LogP contribution is 2.20. The fraction of sp³-hybridized carbons (Fsp3) is 0.476. The molecule has 8 nitrogen and oxygen atoms in total. The smallest absolute Gasteiger partial charge is 0.349 e. The largest absolute Gasteiger partial charge is 0.448 e. The Morgan fingerprint density at radius 2 is 1.93 bits per heavy atom. The SMILES string of the molecule is CCN(C(=O)C(C)OC(=O)/C(C#N)=C/c1ccc(N(C)C)cc1)C1CCS(=O)(=O)C1. The van der Waals surface area contributed by atoms with Crippen LogP contribution in [0.4, 0.5) is 5.69 Å². The molecular weight excluding hydrogens is 406 g/mol. The predicted octanol–water partition coefficient (Wildman–Crippen LogP) is 1.63. The molecule has 0 spiro atoms. The van der Waals surface area contributed by atoms with Crippen molar-refractivity contribution < 1.29 is 22.7 Å². The Hall–Kier alpha value is -2.86. The highest BCUT2D eigenvalue weighted by atomic mass is 32.2. The molecule has 1 aromatic carbocycles. The first-order chi connectivity index (χ1) is 14.1.